The number of hydrogen-bond donors (Lipinski definition) is 0. The van der Waals surface area contributed by atoms with Crippen LogP contribution in [0.2, 0.25) is 0 Å². The number of hydrogen-bond acceptors (Lipinski definition) is 0. The molecule has 0 heterocycles. The lowest BCUT2D eigenvalue weighted by atomic mass is 9.47. The third kappa shape index (κ3) is 3.83. The van der Waals surface area contributed by atoms with Crippen LogP contribution in [-0.4, -0.2) is 10.4 Å². The minimum Gasteiger partial charge on any atom is -0.207 e. The van der Waals surface area contributed by atoms with Crippen molar-refractivity contribution in [1.29, 1.82) is 0 Å². The molecule has 0 saturated heterocycles. The van der Waals surface area contributed by atoms with Crippen LogP contribution in [0.15, 0.2) is 11.6 Å². The van der Waals surface area contributed by atoms with Gasteiger partial charge >= 0.3 is 0 Å². The molecular formula is C27H43F2I. The molecule has 3 heteroatoms. The zero-order chi connectivity index (χ0) is 21.7. The van der Waals surface area contributed by atoms with E-state index in [1.807, 2.05) is 0 Å². The Morgan fingerprint density at radius 3 is 2.57 bits per heavy atom. The lowest BCUT2D eigenvalue weighted by Crippen LogP contribution is -2.50. The molecule has 0 unspecified atom stereocenters. The largest absolute Gasteiger partial charge is 0.250 e. The quantitative estimate of drug-likeness (QED) is 0.182. The highest BCUT2D eigenvalue weighted by atomic mass is 127. The van der Waals surface area contributed by atoms with Crippen LogP contribution < -0.4 is 0 Å². The highest BCUT2D eigenvalue weighted by Gasteiger charge is 2.59. The van der Waals surface area contributed by atoms with Crippen LogP contribution in [0, 0.1) is 46.3 Å². The Bertz CT molecular complexity index is 655. The van der Waals surface area contributed by atoms with Gasteiger partial charge in [-0.15, -0.1) is 0 Å². The maximum atomic E-state index is 14.4. The van der Waals surface area contributed by atoms with E-state index < -0.39 is 11.8 Å². The van der Waals surface area contributed by atoms with Crippen molar-refractivity contribution in [3.05, 3.63) is 11.6 Å². The first kappa shape index (κ1) is 23.5. The summed E-state index contributed by atoms with van der Waals surface area (Å²) < 4.78 is 29.8. The molecule has 3 saturated carbocycles. The molecule has 0 nitrogen and oxygen atoms in total. The van der Waals surface area contributed by atoms with Crippen molar-refractivity contribution in [2.45, 2.75) is 104 Å². The molecule has 0 aromatic rings. The smallest absolute Gasteiger partial charge is 0.207 e. The summed E-state index contributed by atoms with van der Waals surface area (Å²) in [5.74, 6) is 0.573. The van der Waals surface area contributed by atoms with Crippen molar-refractivity contribution in [2.75, 3.05) is 4.43 Å². The van der Waals surface area contributed by atoms with Crippen LogP contribution in [0.1, 0.15) is 98.3 Å². The van der Waals surface area contributed by atoms with Crippen LogP contribution >= 0.6 is 22.6 Å². The Morgan fingerprint density at radius 1 is 1.10 bits per heavy atom. The van der Waals surface area contributed by atoms with Crippen LogP contribution in [0.3, 0.4) is 0 Å². The van der Waals surface area contributed by atoms with Crippen molar-refractivity contribution in [2.24, 2.45) is 46.3 Å². The van der Waals surface area contributed by atoms with E-state index in [-0.39, 0.29) is 6.42 Å². The fourth-order valence-electron chi connectivity index (χ4n) is 8.57. The summed E-state index contributed by atoms with van der Waals surface area (Å²) in [6.45, 7) is 8.49. The van der Waals surface area contributed by atoms with E-state index in [4.69, 9.17) is 0 Å². The van der Waals surface area contributed by atoms with Crippen molar-refractivity contribution in [3.63, 3.8) is 0 Å². The van der Waals surface area contributed by atoms with Crippen molar-refractivity contribution < 1.29 is 8.78 Å². The first-order valence-corrected chi connectivity index (χ1v) is 14.3. The molecule has 0 aliphatic heterocycles. The third-order valence-electron chi connectivity index (χ3n) is 10.6. The zero-order valence-corrected chi connectivity index (χ0v) is 21.8. The standard InChI is InChI=1S/C27H43F2I/c1-18(2)27(28,29)16-12-19(17-30)22-10-11-23-21-9-8-20-7-5-6-14-25(20,3)24(21)13-15-26(22,23)4/h8,18-19,21-24H,5-7,9-17H2,1-4H3/t19-,21-,22+,23-,24-,25-,26+/m0/s1. The number of rotatable bonds is 6. The van der Waals surface area contributed by atoms with Gasteiger partial charge < -0.3 is 0 Å². The second-order valence-corrected chi connectivity index (χ2v) is 12.9. The average Bonchev–Trinajstić information content (AvgIpc) is 3.05. The molecule has 0 bridgehead atoms. The predicted octanol–water partition coefficient (Wildman–Crippen LogP) is 9.08. The lowest BCUT2D eigenvalue weighted by Gasteiger charge is -2.58. The van der Waals surface area contributed by atoms with Gasteiger partial charge in [0.15, 0.2) is 0 Å². The van der Waals surface area contributed by atoms with E-state index in [9.17, 15) is 8.78 Å². The normalized spacial score (nSPS) is 42.3. The Morgan fingerprint density at radius 2 is 1.87 bits per heavy atom. The van der Waals surface area contributed by atoms with Gasteiger partial charge in [-0.25, -0.2) is 8.78 Å². The van der Waals surface area contributed by atoms with Gasteiger partial charge in [-0.3, -0.25) is 0 Å². The average molecular weight is 533 g/mol. The zero-order valence-electron chi connectivity index (χ0n) is 19.7. The minimum absolute atomic E-state index is 0.0752. The second kappa shape index (κ2) is 8.60. The van der Waals surface area contributed by atoms with Crippen molar-refractivity contribution in [3.8, 4) is 0 Å². The molecule has 0 N–H and O–H groups in total. The number of alkyl halides is 3. The molecule has 0 spiro atoms. The summed E-state index contributed by atoms with van der Waals surface area (Å²) >= 11 is 2.49. The van der Waals surface area contributed by atoms with Gasteiger partial charge in [-0.1, -0.05) is 68.4 Å². The summed E-state index contributed by atoms with van der Waals surface area (Å²) in [6, 6.07) is 0. The summed E-state index contributed by atoms with van der Waals surface area (Å²) in [7, 11) is 0. The molecule has 30 heavy (non-hydrogen) atoms. The highest BCUT2D eigenvalue weighted by Crippen LogP contribution is 2.67. The van der Waals surface area contributed by atoms with Gasteiger partial charge in [0.25, 0.3) is 0 Å². The molecular weight excluding hydrogens is 489 g/mol. The molecule has 172 valence electrons. The third-order valence-corrected chi connectivity index (χ3v) is 11.7. The fraction of sp³-hybridized carbons (Fsp3) is 0.926. The maximum Gasteiger partial charge on any atom is 0.250 e. The second-order valence-electron chi connectivity index (χ2n) is 12.1. The fourth-order valence-corrected chi connectivity index (χ4v) is 9.62. The number of fused-ring (bicyclic) bond motifs is 5. The molecule has 4 aliphatic carbocycles. The molecule has 4 rings (SSSR count). The van der Waals surface area contributed by atoms with E-state index >= 15 is 0 Å². The Balaban J connectivity index is 1.51. The molecule has 4 aliphatic rings. The van der Waals surface area contributed by atoms with Gasteiger partial charge in [0.2, 0.25) is 5.92 Å². The molecule has 3 fully saturated rings. The van der Waals surface area contributed by atoms with Gasteiger partial charge in [-0.2, -0.15) is 0 Å². The molecule has 0 aromatic heterocycles. The Labute approximate surface area is 197 Å². The topological polar surface area (TPSA) is 0 Å². The van der Waals surface area contributed by atoms with E-state index in [2.05, 4.69) is 42.5 Å². The monoisotopic (exact) mass is 532 g/mol. The van der Waals surface area contributed by atoms with E-state index in [1.54, 1.807) is 19.4 Å². The minimum atomic E-state index is -2.51. The molecule has 7 atom stereocenters. The number of halogens is 3. The van der Waals surface area contributed by atoms with Gasteiger partial charge in [-0.05, 0) is 98.2 Å². The van der Waals surface area contributed by atoms with E-state index in [1.165, 1.54) is 57.8 Å². The summed E-state index contributed by atoms with van der Waals surface area (Å²) in [6.07, 6.45) is 15.6. The molecule has 0 radical (unpaired) electrons. The van der Waals surface area contributed by atoms with Crippen LogP contribution in [0.4, 0.5) is 8.78 Å². The van der Waals surface area contributed by atoms with Crippen LogP contribution in [0.25, 0.3) is 0 Å². The van der Waals surface area contributed by atoms with Crippen LogP contribution in [-0.2, 0) is 0 Å². The molecule has 0 aromatic carbocycles. The van der Waals surface area contributed by atoms with Gasteiger partial charge in [0.05, 0.1) is 0 Å². The predicted molar refractivity (Wildman–Crippen MR) is 131 cm³/mol. The first-order chi connectivity index (χ1) is 14.1. The lowest BCUT2D eigenvalue weighted by molar-refractivity contribution is -0.0680. The summed E-state index contributed by atoms with van der Waals surface area (Å²) in [4.78, 5) is 0. The van der Waals surface area contributed by atoms with E-state index in [0.717, 1.165) is 22.2 Å². The maximum absolute atomic E-state index is 14.4. The Hall–Kier alpha value is 0.330. The van der Waals surface area contributed by atoms with E-state index in [0.29, 0.717) is 29.1 Å². The van der Waals surface area contributed by atoms with Crippen molar-refractivity contribution >= 4 is 22.6 Å². The Kier molecular flexibility index (Phi) is 6.73. The SMILES string of the molecule is CC(C)C(F)(F)CC[C@@H](CI)[C@H]1CC[C@H]2[C@@H]3CC=C4CCCC[C@]4(C)[C@H]3CC[C@]12C. The molecule has 0 amide bonds. The summed E-state index contributed by atoms with van der Waals surface area (Å²) in [5.41, 5.74) is 2.62. The van der Waals surface area contributed by atoms with Crippen molar-refractivity contribution in [1.82, 2.24) is 0 Å². The van der Waals surface area contributed by atoms with Gasteiger partial charge in [0.1, 0.15) is 0 Å². The van der Waals surface area contributed by atoms with Gasteiger partial charge in [0, 0.05) is 16.8 Å². The first-order valence-electron chi connectivity index (χ1n) is 12.8. The highest BCUT2D eigenvalue weighted by molar-refractivity contribution is 14.1. The summed E-state index contributed by atoms with van der Waals surface area (Å²) in [5, 5.41) is 0. The van der Waals surface area contributed by atoms with Crippen LogP contribution in [0.5, 0.6) is 0 Å². The number of allylic oxidation sites excluding steroid dienone is 2.